The van der Waals surface area contributed by atoms with Crippen LogP contribution in [0.4, 0.5) is 0 Å². The van der Waals surface area contributed by atoms with Gasteiger partial charge in [-0.25, -0.2) is 0 Å². The van der Waals surface area contributed by atoms with Gasteiger partial charge in [-0.3, -0.25) is 25.4 Å². The molecule has 2 N–H and O–H groups in total. The van der Waals surface area contributed by atoms with Gasteiger partial charge in [0.1, 0.15) is 0 Å². The number of hydrogen-bond acceptors (Lipinski definition) is 4. The minimum atomic E-state index is -0.399. The van der Waals surface area contributed by atoms with Crippen molar-refractivity contribution >= 4 is 39.1 Å². The summed E-state index contributed by atoms with van der Waals surface area (Å²) in [6, 6.07) is 3.60. The number of aromatic nitrogens is 1. The predicted molar refractivity (Wildman–Crippen MR) is 97.0 cm³/mol. The average molecular weight is 408 g/mol. The van der Waals surface area contributed by atoms with Crippen LogP contribution < -0.4 is 10.9 Å². The van der Waals surface area contributed by atoms with E-state index in [1.165, 1.54) is 40.8 Å². The van der Waals surface area contributed by atoms with Crippen LogP contribution in [0.5, 0.6) is 0 Å². The monoisotopic (exact) mass is 407 g/mol. The summed E-state index contributed by atoms with van der Waals surface area (Å²) in [5, 5.41) is 0. The van der Waals surface area contributed by atoms with Crippen molar-refractivity contribution in [3.63, 3.8) is 0 Å². The van der Waals surface area contributed by atoms with Gasteiger partial charge < -0.3 is 0 Å². The minimum Gasteiger partial charge on any atom is -0.267 e. The van der Waals surface area contributed by atoms with Crippen molar-refractivity contribution in [2.75, 3.05) is 0 Å². The summed E-state index contributed by atoms with van der Waals surface area (Å²) < 4.78 is 0.706. The molecule has 0 bridgehead atoms. The average Bonchev–Trinajstić information content (AvgIpc) is 3.02. The Morgan fingerprint density at radius 3 is 2.83 bits per heavy atom. The minimum absolute atomic E-state index is 0.279. The first-order chi connectivity index (χ1) is 11.6. The highest BCUT2D eigenvalue weighted by Gasteiger charge is 2.22. The van der Waals surface area contributed by atoms with E-state index in [1.54, 1.807) is 12.3 Å². The number of amides is 2. The van der Waals surface area contributed by atoms with Crippen LogP contribution in [0.3, 0.4) is 0 Å². The molecular weight excluding hydrogens is 390 g/mol. The largest absolute Gasteiger partial charge is 0.279 e. The first-order valence-electron chi connectivity index (χ1n) is 7.89. The third-order valence-electron chi connectivity index (χ3n) is 4.24. The standard InChI is InChI=1S/C17H18BrN3O2S/c1-2-10-3-4-14-11(5-10)7-15(24-14)17(23)21-20-16(22)12-6-13(18)9-19-8-12/h6-10H,2-5H2,1H3,(H,20,22)(H,21,23)/t10-/m0/s1. The van der Waals surface area contributed by atoms with Gasteiger partial charge in [0.25, 0.3) is 11.8 Å². The van der Waals surface area contributed by atoms with Gasteiger partial charge in [-0.2, -0.15) is 0 Å². The second-order valence-electron chi connectivity index (χ2n) is 5.88. The third kappa shape index (κ3) is 3.84. The first-order valence-corrected chi connectivity index (χ1v) is 9.50. The van der Waals surface area contributed by atoms with Gasteiger partial charge >= 0.3 is 0 Å². The molecule has 24 heavy (non-hydrogen) atoms. The quantitative estimate of drug-likeness (QED) is 0.764. The lowest BCUT2D eigenvalue weighted by atomic mass is 9.87. The second-order valence-corrected chi connectivity index (χ2v) is 7.93. The summed E-state index contributed by atoms with van der Waals surface area (Å²) in [7, 11) is 0. The Morgan fingerprint density at radius 2 is 2.08 bits per heavy atom. The summed E-state index contributed by atoms with van der Waals surface area (Å²) in [6.45, 7) is 2.21. The molecule has 0 fully saturated rings. The number of pyridine rings is 1. The number of hydrogen-bond donors (Lipinski definition) is 2. The lowest BCUT2D eigenvalue weighted by Gasteiger charge is -2.19. The smallest absolute Gasteiger partial charge is 0.267 e. The van der Waals surface area contributed by atoms with E-state index in [9.17, 15) is 9.59 Å². The number of thiophene rings is 1. The molecule has 0 aliphatic heterocycles. The normalized spacial score (nSPS) is 16.3. The number of rotatable bonds is 3. The van der Waals surface area contributed by atoms with Gasteiger partial charge in [-0.1, -0.05) is 13.3 Å². The SMILES string of the molecule is CC[C@H]1CCc2sc(C(=O)NNC(=O)c3cncc(Br)c3)cc2C1. The molecule has 0 unspecified atom stereocenters. The summed E-state index contributed by atoms with van der Waals surface area (Å²) >= 11 is 4.78. The third-order valence-corrected chi connectivity index (χ3v) is 5.91. The summed E-state index contributed by atoms with van der Waals surface area (Å²) in [5.74, 6) is 0.0370. The summed E-state index contributed by atoms with van der Waals surface area (Å²) in [5.41, 5.74) is 6.57. The molecule has 2 amide bonds. The van der Waals surface area contributed by atoms with Crippen LogP contribution in [0, 0.1) is 5.92 Å². The number of halogens is 1. The predicted octanol–water partition coefficient (Wildman–Crippen LogP) is 3.50. The van der Waals surface area contributed by atoms with Crippen LogP contribution in [-0.2, 0) is 12.8 Å². The highest BCUT2D eigenvalue weighted by atomic mass is 79.9. The molecule has 0 saturated carbocycles. The molecule has 2 aromatic heterocycles. The van der Waals surface area contributed by atoms with Gasteiger partial charge in [-0.15, -0.1) is 11.3 Å². The molecule has 0 radical (unpaired) electrons. The number of carbonyl (C=O) groups is 2. The van der Waals surface area contributed by atoms with Crippen molar-refractivity contribution in [2.24, 2.45) is 5.92 Å². The van der Waals surface area contributed by atoms with Gasteiger partial charge in [0.15, 0.2) is 0 Å². The van der Waals surface area contributed by atoms with E-state index in [1.807, 2.05) is 6.07 Å². The number of carbonyl (C=O) groups excluding carboxylic acids is 2. The molecule has 0 saturated heterocycles. The zero-order valence-electron chi connectivity index (χ0n) is 13.3. The number of hydrazine groups is 1. The molecule has 0 aromatic carbocycles. The summed E-state index contributed by atoms with van der Waals surface area (Å²) in [4.78, 5) is 30.2. The zero-order chi connectivity index (χ0) is 17.1. The molecule has 1 atom stereocenters. The highest BCUT2D eigenvalue weighted by molar-refractivity contribution is 9.10. The van der Waals surface area contributed by atoms with Gasteiger partial charge in [-0.05, 0) is 58.8 Å². The molecular formula is C17H18BrN3O2S. The number of fused-ring (bicyclic) bond motifs is 1. The fraction of sp³-hybridized carbons (Fsp3) is 0.353. The number of nitrogens with one attached hydrogen (secondary N) is 2. The Labute approximate surface area is 153 Å². The number of aryl methyl sites for hydroxylation is 1. The van der Waals surface area contributed by atoms with E-state index < -0.39 is 5.91 Å². The van der Waals surface area contributed by atoms with Crippen LogP contribution in [0.2, 0.25) is 0 Å². The van der Waals surface area contributed by atoms with Crippen molar-refractivity contribution in [2.45, 2.75) is 32.6 Å². The fourth-order valence-electron chi connectivity index (χ4n) is 2.84. The Balaban J connectivity index is 1.62. The topological polar surface area (TPSA) is 71.1 Å². The van der Waals surface area contributed by atoms with E-state index in [2.05, 4.69) is 38.7 Å². The van der Waals surface area contributed by atoms with Crippen molar-refractivity contribution in [1.29, 1.82) is 0 Å². The molecule has 0 spiro atoms. The molecule has 3 rings (SSSR count). The maximum absolute atomic E-state index is 12.3. The summed E-state index contributed by atoms with van der Waals surface area (Å²) in [6.07, 6.45) is 7.49. The van der Waals surface area contributed by atoms with Crippen molar-refractivity contribution < 1.29 is 9.59 Å². The van der Waals surface area contributed by atoms with Crippen LogP contribution in [-0.4, -0.2) is 16.8 Å². The molecule has 5 nitrogen and oxygen atoms in total. The lowest BCUT2D eigenvalue weighted by Crippen LogP contribution is -2.41. The molecule has 2 heterocycles. The van der Waals surface area contributed by atoms with Crippen molar-refractivity contribution in [1.82, 2.24) is 15.8 Å². The Bertz CT molecular complexity index is 775. The first kappa shape index (κ1) is 17.1. The maximum Gasteiger partial charge on any atom is 0.279 e. The van der Waals surface area contributed by atoms with Crippen LogP contribution in [0.25, 0.3) is 0 Å². The Hall–Kier alpha value is -1.73. The Morgan fingerprint density at radius 1 is 1.29 bits per heavy atom. The second kappa shape index (κ2) is 7.44. The van der Waals surface area contributed by atoms with E-state index in [0.29, 0.717) is 20.8 Å². The van der Waals surface area contributed by atoms with E-state index in [-0.39, 0.29) is 5.91 Å². The van der Waals surface area contributed by atoms with Gasteiger partial charge in [0.05, 0.1) is 10.4 Å². The van der Waals surface area contributed by atoms with Crippen LogP contribution in [0.1, 0.15) is 50.2 Å². The fourth-order valence-corrected chi connectivity index (χ4v) is 4.31. The number of nitrogens with zero attached hydrogens (tertiary/aromatic N) is 1. The molecule has 2 aromatic rings. The van der Waals surface area contributed by atoms with Gasteiger partial charge in [0, 0.05) is 21.7 Å². The lowest BCUT2D eigenvalue weighted by molar-refractivity contribution is 0.0848. The molecule has 1 aliphatic rings. The van der Waals surface area contributed by atoms with E-state index in [0.717, 1.165) is 12.8 Å². The molecule has 7 heteroatoms. The van der Waals surface area contributed by atoms with E-state index in [4.69, 9.17) is 0 Å². The van der Waals surface area contributed by atoms with Crippen molar-refractivity contribution in [3.05, 3.63) is 49.9 Å². The Kier molecular flexibility index (Phi) is 5.30. The van der Waals surface area contributed by atoms with E-state index >= 15 is 0 Å². The zero-order valence-corrected chi connectivity index (χ0v) is 15.7. The van der Waals surface area contributed by atoms with Crippen LogP contribution in [0.15, 0.2) is 29.0 Å². The highest BCUT2D eigenvalue weighted by Crippen LogP contribution is 2.33. The van der Waals surface area contributed by atoms with Crippen LogP contribution >= 0.6 is 27.3 Å². The van der Waals surface area contributed by atoms with Crippen molar-refractivity contribution in [3.8, 4) is 0 Å². The molecule has 126 valence electrons. The molecule has 1 aliphatic carbocycles. The maximum atomic E-state index is 12.3. The van der Waals surface area contributed by atoms with Gasteiger partial charge in [0.2, 0.25) is 0 Å².